The van der Waals surface area contributed by atoms with Gasteiger partial charge in [0.25, 0.3) is 0 Å². The van der Waals surface area contributed by atoms with Crippen molar-refractivity contribution in [1.29, 1.82) is 0 Å². The maximum Gasteiger partial charge on any atom is 0.243 e. The highest BCUT2D eigenvalue weighted by Gasteiger charge is 2.37. The number of piperidine rings is 1. The van der Waals surface area contributed by atoms with Crippen LogP contribution in [0.25, 0.3) is 0 Å². The van der Waals surface area contributed by atoms with Crippen LogP contribution >= 0.6 is 11.6 Å². The molecule has 7 heteroatoms. The number of nitrogens with zero attached hydrogens (tertiary/aromatic N) is 1. The second kappa shape index (κ2) is 6.98. The van der Waals surface area contributed by atoms with Crippen LogP contribution in [-0.4, -0.2) is 37.3 Å². The van der Waals surface area contributed by atoms with Crippen molar-refractivity contribution in [1.82, 2.24) is 9.62 Å². The molecule has 2 rings (SSSR count). The molecule has 1 aromatic carbocycles. The highest BCUT2D eigenvalue weighted by molar-refractivity contribution is 7.89. The summed E-state index contributed by atoms with van der Waals surface area (Å²) in [5.74, 6) is -0.229. The molecule has 122 valence electrons. The van der Waals surface area contributed by atoms with Gasteiger partial charge in [0.05, 0.1) is 4.90 Å². The highest BCUT2D eigenvalue weighted by atomic mass is 35.5. The number of halogens is 1. The van der Waals surface area contributed by atoms with Gasteiger partial charge in [-0.3, -0.25) is 4.79 Å². The molecule has 0 aromatic heterocycles. The van der Waals surface area contributed by atoms with E-state index in [4.69, 9.17) is 11.6 Å². The van der Waals surface area contributed by atoms with E-state index in [2.05, 4.69) is 5.32 Å². The first-order chi connectivity index (χ1) is 10.3. The molecule has 5 nitrogen and oxygen atoms in total. The van der Waals surface area contributed by atoms with E-state index in [0.29, 0.717) is 18.0 Å². The number of sulfonamides is 1. The summed E-state index contributed by atoms with van der Waals surface area (Å²) in [7, 11) is -3.69. The van der Waals surface area contributed by atoms with Crippen molar-refractivity contribution in [3.8, 4) is 0 Å². The Labute approximate surface area is 136 Å². The lowest BCUT2D eigenvalue weighted by molar-refractivity contribution is -0.126. The number of benzene rings is 1. The molecule has 0 saturated carbocycles. The summed E-state index contributed by atoms with van der Waals surface area (Å²) in [4.78, 5) is 12.5. The average molecular weight is 345 g/mol. The maximum absolute atomic E-state index is 12.8. The van der Waals surface area contributed by atoms with Crippen LogP contribution in [0.3, 0.4) is 0 Å². The monoisotopic (exact) mass is 344 g/mol. The predicted molar refractivity (Wildman–Crippen MR) is 86.3 cm³/mol. The van der Waals surface area contributed by atoms with Gasteiger partial charge in [-0.05, 0) is 51.0 Å². The van der Waals surface area contributed by atoms with E-state index in [1.165, 1.54) is 16.4 Å². The Balaban J connectivity index is 2.29. The fourth-order valence-electron chi connectivity index (χ4n) is 2.58. The van der Waals surface area contributed by atoms with Crippen molar-refractivity contribution in [3.05, 3.63) is 29.3 Å². The zero-order valence-electron chi connectivity index (χ0n) is 12.8. The van der Waals surface area contributed by atoms with Crippen molar-refractivity contribution in [2.24, 2.45) is 0 Å². The van der Waals surface area contributed by atoms with Crippen LogP contribution in [0.2, 0.25) is 5.02 Å². The Morgan fingerprint density at radius 1 is 1.27 bits per heavy atom. The van der Waals surface area contributed by atoms with Gasteiger partial charge >= 0.3 is 0 Å². The van der Waals surface area contributed by atoms with Gasteiger partial charge < -0.3 is 5.32 Å². The molecule has 1 fully saturated rings. The summed E-state index contributed by atoms with van der Waals surface area (Å²) in [6.07, 6.45) is 2.16. The van der Waals surface area contributed by atoms with Crippen molar-refractivity contribution in [2.75, 3.05) is 6.54 Å². The minimum absolute atomic E-state index is 0.0190. The number of hydrogen-bond acceptors (Lipinski definition) is 3. The maximum atomic E-state index is 12.8. The number of carbonyl (C=O) groups excluding carboxylic acids is 1. The topological polar surface area (TPSA) is 66.5 Å². The third-order valence-electron chi connectivity index (χ3n) is 3.61. The Morgan fingerprint density at radius 2 is 1.91 bits per heavy atom. The first-order valence-electron chi connectivity index (χ1n) is 7.40. The molecule has 1 aromatic rings. The van der Waals surface area contributed by atoms with Gasteiger partial charge in [-0.15, -0.1) is 0 Å². The largest absolute Gasteiger partial charge is 0.353 e. The smallest absolute Gasteiger partial charge is 0.243 e. The van der Waals surface area contributed by atoms with E-state index in [0.717, 1.165) is 12.8 Å². The van der Waals surface area contributed by atoms with Crippen LogP contribution in [0.15, 0.2) is 29.2 Å². The predicted octanol–water partition coefficient (Wildman–Crippen LogP) is 2.41. The Bertz CT molecular complexity index is 629. The minimum Gasteiger partial charge on any atom is -0.353 e. The van der Waals surface area contributed by atoms with Gasteiger partial charge in [0, 0.05) is 17.6 Å². The standard InChI is InChI=1S/C15H21ClN2O3S/c1-11(2)17-15(19)14-5-3-4-10-18(14)22(20,21)13-8-6-12(16)7-9-13/h6-9,11,14H,3-5,10H2,1-2H3,(H,17,19). The fraction of sp³-hybridized carbons (Fsp3) is 0.533. The molecule has 0 aliphatic carbocycles. The van der Waals surface area contributed by atoms with Crippen LogP contribution in [0, 0.1) is 0 Å². The summed E-state index contributed by atoms with van der Waals surface area (Å²) in [5.41, 5.74) is 0. The molecule has 22 heavy (non-hydrogen) atoms. The number of carbonyl (C=O) groups is 1. The van der Waals surface area contributed by atoms with Crippen LogP contribution in [-0.2, 0) is 14.8 Å². The molecule has 0 radical (unpaired) electrons. The fourth-order valence-corrected chi connectivity index (χ4v) is 4.36. The van der Waals surface area contributed by atoms with Crippen molar-refractivity contribution >= 4 is 27.5 Å². The third-order valence-corrected chi connectivity index (χ3v) is 5.78. The Kier molecular flexibility index (Phi) is 5.47. The van der Waals surface area contributed by atoms with Crippen molar-refractivity contribution in [2.45, 2.75) is 50.1 Å². The quantitative estimate of drug-likeness (QED) is 0.912. The molecular formula is C15H21ClN2O3S. The first kappa shape index (κ1) is 17.2. The number of hydrogen-bond donors (Lipinski definition) is 1. The number of amides is 1. The minimum atomic E-state index is -3.69. The summed E-state index contributed by atoms with van der Waals surface area (Å²) in [5, 5.41) is 3.29. The summed E-state index contributed by atoms with van der Waals surface area (Å²) >= 11 is 5.81. The molecule has 1 N–H and O–H groups in total. The van der Waals surface area contributed by atoms with Gasteiger partial charge in [0.2, 0.25) is 15.9 Å². The van der Waals surface area contributed by atoms with E-state index in [-0.39, 0.29) is 16.8 Å². The Hall–Kier alpha value is -1.11. The lowest BCUT2D eigenvalue weighted by Gasteiger charge is -2.34. The summed E-state index contributed by atoms with van der Waals surface area (Å²) in [6.45, 7) is 4.08. The van der Waals surface area contributed by atoms with Crippen LogP contribution in [0.5, 0.6) is 0 Å². The van der Waals surface area contributed by atoms with Gasteiger partial charge in [0.1, 0.15) is 6.04 Å². The molecule has 1 unspecified atom stereocenters. The molecule has 1 saturated heterocycles. The molecule has 1 aliphatic rings. The van der Waals surface area contributed by atoms with E-state index in [1.54, 1.807) is 12.1 Å². The van der Waals surface area contributed by atoms with Gasteiger partial charge in [-0.2, -0.15) is 4.31 Å². The van der Waals surface area contributed by atoms with Crippen molar-refractivity contribution < 1.29 is 13.2 Å². The molecule has 1 heterocycles. The van der Waals surface area contributed by atoms with E-state index < -0.39 is 16.1 Å². The molecule has 1 aliphatic heterocycles. The normalized spacial score (nSPS) is 20.1. The third kappa shape index (κ3) is 3.80. The van der Waals surface area contributed by atoms with Crippen LogP contribution in [0.4, 0.5) is 0 Å². The summed E-state index contributed by atoms with van der Waals surface area (Å²) in [6, 6.07) is 5.38. The lowest BCUT2D eigenvalue weighted by atomic mass is 10.0. The van der Waals surface area contributed by atoms with Gasteiger partial charge in [0.15, 0.2) is 0 Å². The van der Waals surface area contributed by atoms with Gasteiger partial charge in [-0.25, -0.2) is 8.42 Å². The van der Waals surface area contributed by atoms with E-state index in [9.17, 15) is 13.2 Å². The molecule has 1 amide bonds. The van der Waals surface area contributed by atoms with Crippen LogP contribution < -0.4 is 5.32 Å². The van der Waals surface area contributed by atoms with E-state index >= 15 is 0 Å². The molecule has 0 bridgehead atoms. The van der Waals surface area contributed by atoms with Crippen LogP contribution in [0.1, 0.15) is 33.1 Å². The zero-order valence-corrected chi connectivity index (χ0v) is 14.3. The zero-order chi connectivity index (χ0) is 16.3. The lowest BCUT2D eigenvalue weighted by Crippen LogP contribution is -2.52. The number of nitrogens with one attached hydrogen (secondary N) is 1. The average Bonchev–Trinajstić information content (AvgIpc) is 2.47. The molecular weight excluding hydrogens is 324 g/mol. The SMILES string of the molecule is CC(C)NC(=O)C1CCCCN1S(=O)(=O)c1ccc(Cl)cc1. The Morgan fingerprint density at radius 3 is 2.50 bits per heavy atom. The second-order valence-corrected chi connectivity index (χ2v) is 8.07. The second-order valence-electron chi connectivity index (χ2n) is 5.74. The van der Waals surface area contributed by atoms with E-state index in [1.807, 2.05) is 13.8 Å². The van der Waals surface area contributed by atoms with Crippen molar-refractivity contribution in [3.63, 3.8) is 0 Å². The molecule has 1 atom stereocenters. The highest BCUT2D eigenvalue weighted by Crippen LogP contribution is 2.26. The summed E-state index contributed by atoms with van der Waals surface area (Å²) < 4.78 is 26.9. The number of rotatable bonds is 4. The molecule has 0 spiro atoms. The van der Waals surface area contributed by atoms with Gasteiger partial charge in [-0.1, -0.05) is 18.0 Å². The first-order valence-corrected chi connectivity index (χ1v) is 9.22.